The van der Waals surface area contributed by atoms with Crippen molar-refractivity contribution in [1.82, 2.24) is 5.32 Å². The molecular weight excluding hydrogens is 326 g/mol. The number of furan rings is 1. The first-order valence-electron chi connectivity index (χ1n) is 7.94. The Bertz CT molecular complexity index is 808. The zero-order chi connectivity index (χ0) is 17.7. The molecule has 0 aliphatic rings. The lowest BCUT2D eigenvalue weighted by atomic mass is 10.2. The maximum Gasteiger partial charge on any atom is 0.287 e. The molecule has 0 spiro atoms. The molecule has 0 aliphatic heterocycles. The van der Waals surface area contributed by atoms with Gasteiger partial charge in [0.15, 0.2) is 15.6 Å². The van der Waals surface area contributed by atoms with Gasteiger partial charge in [0.2, 0.25) is 0 Å². The van der Waals surface area contributed by atoms with Gasteiger partial charge in [0, 0.05) is 6.04 Å². The predicted octanol–water partition coefficient (Wildman–Crippen LogP) is 3.23. The van der Waals surface area contributed by atoms with Crippen LogP contribution in [0.15, 0.2) is 40.8 Å². The largest absolute Gasteiger partial charge is 0.455 e. The summed E-state index contributed by atoms with van der Waals surface area (Å²) in [6.45, 7) is 5.79. The summed E-state index contributed by atoms with van der Waals surface area (Å²) in [5.74, 6) is -0.193. The fraction of sp³-hybridized carbons (Fsp3) is 0.389. The van der Waals surface area contributed by atoms with E-state index in [0.29, 0.717) is 0 Å². The summed E-state index contributed by atoms with van der Waals surface area (Å²) in [4.78, 5) is 12.0. The Morgan fingerprint density at radius 1 is 1.21 bits per heavy atom. The second kappa shape index (κ2) is 7.66. The summed E-state index contributed by atoms with van der Waals surface area (Å²) in [5.41, 5.74) is 1.76. The van der Waals surface area contributed by atoms with Gasteiger partial charge < -0.3 is 9.73 Å². The van der Waals surface area contributed by atoms with Gasteiger partial charge in [-0.05, 0) is 38.0 Å². The maximum atomic E-state index is 12.3. The SMILES string of the molecule is CC[C@@H](C)NC(=O)c1ccc(CS(=O)(=O)Cc2cccc(C)c2)o1. The highest BCUT2D eigenvalue weighted by Gasteiger charge is 2.18. The van der Waals surface area contributed by atoms with E-state index in [1.807, 2.05) is 39.0 Å². The second-order valence-electron chi connectivity index (χ2n) is 6.07. The van der Waals surface area contributed by atoms with Crippen molar-refractivity contribution in [3.8, 4) is 0 Å². The highest BCUT2D eigenvalue weighted by molar-refractivity contribution is 7.89. The highest BCUT2D eigenvalue weighted by Crippen LogP contribution is 2.16. The van der Waals surface area contributed by atoms with Gasteiger partial charge in [0.1, 0.15) is 11.5 Å². The first-order valence-corrected chi connectivity index (χ1v) is 9.76. The molecule has 0 saturated heterocycles. The molecular formula is C18H23NO4S. The van der Waals surface area contributed by atoms with E-state index in [9.17, 15) is 13.2 Å². The number of hydrogen-bond acceptors (Lipinski definition) is 4. The van der Waals surface area contributed by atoms with Crippen LogP contribution in [-0.2, 0) is 21.3 Å². The summed E-state index contributed by atoms with van der Waals surface area (Å²) >= 11 is 0. The fourth-order valence-corrected chi connectivity index (χ4v) is 3.68. The first-order chi connectivity index (χ1) is 11.3. The summed E-state index contributed by atoms with van der Waals surface area (Å²) in [6.07, 6.45) is 0.810. The third kappa shape index (κ3) is 5.23. The summed E-state index contributed by atoms with van der Waals surface area (Å²) in [5, 5.41) is 2.79. The van der Waals surface area contributed by atoms with E-state index < -0.39 is 9.84 Å². The van der Waals surface area contributed by atoms with Crippen LogP contribution in [-0.4, -0.2) is 20.4 Å². The minimum Gasteiger partial charge on any atom is -0.455 e. The van der Waals surface area contributed by atoms with E-state index in [4.69, 9.17) is 4.42 Å². The lowest BCUT2D eigenvalue weighted by Gasteiger charge is -2.09. The Hall–Kier alpha value is -2.08. The van der Waals surface area contributed by atoms with Crippen molar-refractivity contribution in [3.63, 3.8) is 0 Å². The number of amides is 1. The van der Waals surface area contributed by atoms with Crippen LogP contribution in [0.2, 0.25) is 0 Å². The molecule has 1 N–H and O–H groups in total. The van der Waals surface area contributed by atoms with E-state index in [-0.39, 0.29) is 35.0 Å². The van der Waals surface area contributed by atoms with Gasteiger partial charge in [-0.2, -0.15) is 0 Å². The van der Waals surface area contributed by atoms with E-state index in [0.717, 1.165) is 17.5 Å². The van der Waals surface area contributed by atoms with Gasteiger partial charge in [0.25, 0.3) is 5.91 Å². The Kier molecular flexibility index (Phi) is 5.83. The number of aryl methyl sites for hydroxylation is 1. The van der Waals surface area contributed by atoms with Crippen LogP contribution >= 0.6 is 0 Å². The number of nitrogens with one attached hydrogen (secondary N) is 1. The molecule has 24 heavy (non-hydrogen) atoms. The predicted molar refractivity (Wildman–Crippen MR) is 93.4 cm³/mol. The Labute approximate surface area is 143 Å². The fourth-order valence-electron chi connectivity index (χ4n) is 2.30. The molecule has 0 bridgehead atoms. The summed E-state index contributed by atoms with van der Waals surface area (Å²) < 4.78 is 30.0. The van der Waals surface area contributed by atoms with Crippen molar-refractivity contribution in [3.05, 3.63) is 59.0 Å². The van der Waals surface area contributed by atoms with Crippen LogP contribution in [0.1, 0.15) is 47.7 Å². The van der Waals surface area contributed by atoms with Crippen molar-refractivity contribution < 1.29 is 17.6 Å². The molecule has 2 rings (SSSR count). The average molecular weight is 349 g/mol. The van der Waals surface area contributed by atoms with Gasteiger partial charge in [-0.25, -0.2) is 8.42 Å². The number of carbonyl (C=O) groups is 1. The molecule has 1 amide bonds. The van der Waals surface area contributed by atoms with Crippen molar-refractivity contribution in [2.24, 2.45) is 0 Å². The number of sulfone groups is 1. The molecule has 1 atom stereocenters. The molecule has 1 aromatic carbocycles. The van der Waals surface area contributed by atoms with E-state index in [1.165, 1.54) is 6.07 Å². The maximum absolute atomic E-state index is 12.3. The van der Waals surface area contributed by atoms with Crippen molar-refractivity contribution in [1.29, 1.82) is 0 Å². The highest BCUT2D eigenvalue weighted by atomic mass is 32.2. The first kappa shape index (κ1) is 18.3. The molecule has 0 saturated carbocycles. The van der Waals surface area contributed by atoms with E-state index in [1.54, 1.807) is 12.1 Å². The quantitative estimate of drug-likeness (QED) is 0.832. The minimum atomic E-state index is -3.37. The van der Waals surface area contributed by atoms with Crippen LogP contribution < -0.4 is 5.32 Å². The summed E-state index contributed by atoms with van der Waals surface area (Å²) in [6, 6.07) is 10.5. The molecule has 130 valence electrons. The van der Waals surface area contributed by atoms with Crippen molar-refractivity contribution in [2.75, 3.05) is 0 Å². The third-order valence-electron chi connectivity index (χ3n) is 3.71. The molecule has 0 radical (unpaired) electrons. The Balaban J connectivity index is 2.04. The third-order valence-corrected chi connectivity index (χ3v) is 5.20. The lowest BCUT2D eigenvalue weighted by molar-refractivity contribution is 0.0909. The molecule has 0 aliphatic carbocycles. The van der Waals surface area contributed by atoms with Crippen molar-refractivity contribution in [2.45, 2.75) is 44.7 Å². The molecule has 0 fully saturated rings. The number of rotatable bonds is 7. The Morgan fingerprint density at radius 2 is 1.96 bits per heavy atom. The number of carbonyl (C=O) groups excluding carboxylic acids is 1. The van der Waals surface area contributed by atoms with Gasteiger partial charge in [-0.1, -0.05) is 36.8 Å². The molecule has 2 aromatic rings. The zero-order valence-electron chi connectivity index (χ0n) is 14.2. The Morgan fingerprint density at radius 3 is 2.62 bits per heavy atom. The normalized spacial score (nSPS) is 12.8. The number of benzene rings is 1. The van der Waals surface area contributed by atoms with Crippen LogP contribution in [0, 0.1) is 6.92 Å². The minimum absolute atomic E-state index is 0.0381. The lowest BCUT2D eigenvalue weighted by Crippen LogP contribution is -2.31. The summed E-state index contributed by atoms with van der Waals surface area (Å²) in [7, 11) is -3.37. The van der Waals surface area contributed by atoms with E-state index in [2.05, 4.69) is 5.32 Å². The second-order valence-corrected chi connectivity index (χ2v) is 8.13. The van der Waals surface area contributed by atoms with Gasteiger partial charge >= 0.3 is 0 Å². The van der Waals surface area contributed by atoms with E-state index >= 15 is 0 Å². The molecule has 5 nitrogen and oxygen atoms in total. The topological polar surface area (TPSA) is 76.4 Å². The average Bonchev–Trinajstić information content (AvgIpc) is 2.94. The van der Waals surface area contributed by atoms with Gasteiger partial charge in [0.05, 0.1) is 5.75 Å². The molecule has 6 heteroatoms. The molecule has 1 aromatic heterocycles. The van der Waals surface area contributed by atoms with Crippen LogP contribution in [0.4, 0.5) is 0 Å². The van der Waals surface area contributed by atoms with Crippen molar-refractivity contribution >= 4 is 15.7 Å². The molecule has 1 heterocycles. The van der Waals surface area contributed by atoms with Gasteiger partial charge in [-0.15, -0.1) is 0 Å². The zero-order valence-corrected chi connectivity index (χ0v) is 15.0. The smallest absolute Gasteiger partial charge is 0.287 e. The standard InChI is InChI=1S/C18H23NO4S/c1-4-14(3)19-18(20)17-9-8-16(23-17)12-24(21,22)11-15-7-5-6-13(2)10-15/h5-10,14H,4,11-12H2,1-3H3,(H,19,20)/t14-/m1/s1. The van der Waals surface area contributed by atoms with Crippen LogP contribution in [0.3, 0.4) is 0 Å². The van der Waals surface area contributed by atoms with Crippen LogP contribution in [0.5, 0.6) is 0 Å². The monoisotopic (exact) mass is 349 g/mol. The number of hydrogen-bond donors (Lipinski definition) is 1. The molecule has 0 unspecified atom stereocenters. The van der Waals surface area contributed by atoms with Crippen LogP contribution in [0.25, 0.3) is 0 Å². The van der Waals surface area contributed by atoms with Gasteiger partial charge in [-0.3, -0.25) is 4.79 Å².